The predicted molar refractivity (Wildman–Crippen MR) is 119 cm³/mol. The molecule has 0 unspecified atom stereocenters. The minimum absolute atomic E-state index is 0.0179. The molecule has 0 aliphatic carbocycles. The van der Waals surface area contributed by atoms with Crippen molar-refractivity contribution in [1.29, 1.82) is 0 Å². The molecule has 1 amide bonds. The molecule has 3 aromatic rings. The zero-order chi connectivity index (χ0) is 21.8. The number of carbonyl (C=O) groups is 1. The van der Waals surface area contributed by atoms with Gasteiger partial charge >= 0.3 is 0 Å². The average Bonchev–Trinajstić information content (AvgIpc) is 2.75. The molecule has 158 valence electrons. The summed E-state index contributed by atoms with van der Waals surface area (Å²) in [5.41, 5.74) is 1.17. The molecular formula is C24H27NO5. The SMILES string of the molecule is COc1cc2c(N(C)C(=O)c3cccc(OC)c3OC)cccc2cc1OC(C)C. The van der Waals surface area contributed by atoms with Gasteiger partial charge < -0.3 is 23.8 Å². The van der Waals surface area contributed by atoms with E-state index in [1.54, 1.807) is 44.4 Å². The van der Waals surface area contributed by atoms with Crippen LogP contribution >= 0.6 is 0 Å². The van der Waals surface area contributed by atoms with Crippen molar-refractivity contribution in [3.05, 3.63) is 54.1 Å². The summed E-state index contributed by atoms with van der Waals surface area (Å²) in [6.07, 6.45) is 0.0179. The summed E-state index contributed by atoms with van der Waals surface area (Å²) in [6.45, 7) is 3.93. The lowest BCUT2D eigenvalue weighted by molar-refractivity contribution is 0.0989. The van der Waals surface area contributed by atoms with Crippen LogP contribution in [0, 0.1) is 0 Å². The van der Waals surface area contributed by atoms with Crippen LogP contribution in [0.3, 0.4) is 0 Å². The molecule has 0 aliphatic rings. The zero-order valence-corrected chi connectivity index (χ0v) is 18.2. The van der Waals surface area contributed by atoms with Crippen LogP contribution in [0.5, 0.6) is 23.0 Å². The quantitative estimate of drug-likeness (QED) is 0.554. The molecule has 0 aliphatic heterocycles. The van der Waals surface area contributed by atoms with Crippen LogP contribution in [-0.2, 0) is 0 Å². The Morgan fingerprint density at radius 3 is 2.20 bits per heavy atom. The number of fused-ring (bicyclic) bond motifs is 1. The number of methoxy groups -OCH3 is 3. The van der Waals surface area contributed by atoms with Crippen LogP contribution in [-0.4, -0.2) is 40.4 Å². The van der Waals surface area contributed by atoms with Crippen LogP contribution in [0.15, 0.2) is 48.5 Å². The van der Waals surface area contributed by atoms with Gasteiger partial charge in [0.1, 0.15) is 0 Å². The molecule has 3 aromatic carbocycles. The number of anilines is 1. The van der Waals surface area contributed by atoms with E-state index in [9.17, 15) is 4.79 Å². The maximum Gasteiger partial charge on any atom is 0.261 e. The molecule has 0 spiro atoms. The van der Waals surface area contributed by atoms with Crippen molar-refractivity contribution < 1.29 is 23.7 Å². The second-order valence-corrected chi connectivity index (χ2v) is 7.07. The molecule has 0 atom stereocenters. The molecule has 0 aromatic heterocycles. The van der Waals surface area contributed by atoms with Crippen molar-refractivity contribution >= 4 is 22.4 Å². The topological polar surface area (TPSA) is 57.2 Å². The fraction of sp³-hybridized carbons (Fsp3) is 0.292. The molecule has 30 heavy (non-hydrogen) atoms. The Labute approximate surface area is 176 Å². The highest BCUT2D eigenvalue weighted by Gasteiger charge is 2.22. The first-order chi connectivity index (χ1) is 14.4. The molecule has 0 fully saturated rings. The second-order valence-electron chi connectivity index (χ2n) is 7.07. The van der Waals surface area contributed by atoms with Gasteiger partial charge in [-0.15, -0.1) is 0 Å². The highest BCUT2D eigenvalue weighted by molar-refractivity contribution is 6.12. The lowest BCUT2D eigenvalue weighted by Gasteiger charge is -2.22. The van der Waals surface area contributed by atoms with Crippen molar-refractivity contribution in [2.45, 2.75) is 20.0 Å². The fourth-order valence-electron chi connectivity index (χ4n) is 3.41. The summed E-state index contributed by atoms with van der Waals surface area (Å²) in [4.78, 5) is 14.9. The molecule has 0 bridgehead atoms. The number of hydrogen-bond donors (Lipinski definition) is 0. The van der Waals surface area contributed by atoms with Gasteiger partial charge in [-0.1, -0.05) is 18.2 Å². The average molecular weight is 409 g/mol. The summed E-state index contributed by atoms with van der Waals surface area (Å²) in [5.74, 6) is 1.98. The predicted octanol–water partition coefficient (Wildman–Crippen LogP) is 4.93. The second kappa shape index (κ2) is 8.95. The monoisotopic (exact) mass is 409 g/mol. The van der Waals surface area contributed by atoms with E-state index in [0.29, 0.717) is 28.6 Å². The summed E-state index contributed by atoms with van der Waals surface area (Å²) < 4.78 is 22.2. The third kappa shape index (κ3) is 3.99. The minimum atomic E-state index is -0.209. The Kier molecular flexibility index (Phi) is 6.35. The van der Waals surface area contributed by atoms with Gasteiger partial charge in [0.2, 0.25) is 0 Å². The molecule has 6 nitrogen and oxygen atoms in total. The molecular weight excluding hydrogens is 382 g/mol. The van der Waals surface area contributed by atoms with Gasteiger partial charge in [0.05, 0.1) is 38.7 Å². The number of ether oxygens (including phenoxy) is 4. The van der Waals surface area contributed by atoms with E-state index in [4.69, 9.17) is 18.9 Å². The van der Waals surface area contributed by atoms with Crippen LogP contribution in [0.2, 0.25) is 0 Å². The Morgan fingerprint density at radius 1 is 0.867 bits per heavy atom. The van der Waals surface area contributed by atoms with Gasteiger partial charge in [-0.25, -0.2) is 0 Å². The highest BCUT2D eigenvalue weighted by atomic mass is 16.5. The van der Waals surface area contributed by atoms with Crippen LogP contribution < -0.4 is 23.8 Å². The molecule has 0 radical (unpaired) electrons. The first-order valence-corrected chi connectivity index (χ1v) is 9.67. The largest absolute Gasteiger partial charge is 0.493 e. The van der Waals surface area contributed by atoms with Crippen LogP contribution in [0.4, 0.5) is 5.69 Å². The third-order valence-electron chi connectivity index (χ3n) is 4.80. The van der Waals surface area contributed by atoms with Crippen molar-refractivity contribution in [1.82, 2.24) is 0 Å². The normalized spacial score (nSPS) is 10.8. The third-order valence-corrected chi connectivity index (χ3v) is 4.80. The van der Waals surface area contributed by atoms with Crippen LogP contribution in [0.25, 0.3) is 10.8 Å². The van der Waals surface area contributed by atoms with Gasteiger partial charge in [-0.2, -0.15) is 0 Å². The van der Waals surface area contributed by atoms with E-state index in [0.717, 1.165) is 16.5 Å². The van der Waals surface area contributed by atoms with Crippen molar-refractivity contribution in [2.24, 2.45) is 0 Å². The number of nitrogens with zero attached hydrogens (tertiary/aromatic N) is 1. The van der Waals surface area contributed by atoms with E-state index >= 15 is 0 Å². The molecule has 0 saturated carbocycles. The number of benzene rings is 3. The molecule has 0 N–H and O–H groups in total. The van der Waals surface area contributed by atoms with E-state index in [2.05, 4.69) is 0 Å². The van der Waals surface area contributed by atoms with Crippen LogP contribution in [0.1, 0.15) is 24.2 Å². The van der Waals surface area contributed by atoms with Gasteiger partial charge in [0.15, 0.2) is 23.0 Å². The Balaban J connectivity index is 2.09. The summed E-state index contributed by atoms with van der Waals surface area (Å²) >= 11 is 0. The van der Waals surface area contributed by atoms with Crippen molar-refractivity contribution in [3.63, 3.8) is 0 Å². The van der Waals surface area contributed by atoms with Crippen molar-refractivity contribution in [3.8, 4) is 23.0 Å². The number of para-hydroxylation sites is 1. The lowest BCUT2D eigenvalue weighted by atomic mass is 10.1. The number of amides is 1. The Morgan fingerprint density at radius 2 is 1.57 bits per heavy atom. The number of rotatable bonds is 7. The summed E-state index contributed by atoms with van der Waals surface area (Å²) in [5, 5.41) is 1.82. The smallest absolute Gasteiger partial charge is 0.261 e. The van der Waals surface area contributed by atoms with Gasteiger partial charge in [-0.05, 0) is 49.6 Å². The van der Waals surface area contributed by atoms with Gasteiger partial charge in [0.25, 0.3) is 5.91 Å². The molecule has 0 heterocycles. The van der Waals surface area contributed by atoms with E-state index in [-0.39, 0.29) is 12.0 Å². The standard InChI is InChI=1S/C24H27NO5/c1-15(2)30-22-13-16-9-7-11-19(18(16)14-21(22)28-5)25(3)24(26)17-10-8-12-20(27-4)23(17)29-6/h7-15H,1-6H3. The fourth-order valence-corrected chi connectivity index (χ4v) is 3.41. The Hall–Kier alpha value is -3.41. The lowest BCUT2D eigenvalue weighted by Crippen LogP contribution is -2.27. The Bertz CT molecular complexity index is 1060. The van der Waals surface area contributed by atoms with Crippen molar-refractivity contribution in [2.75, 3.05) is 33.3 Å². The molecule has 0 saturated heterocycles. The number of carbonyl (C=O) groups excluding carboxylic acids is 1. The summed E-state index contributed by atoms with van der Waals surface area (Å²) in [7, 11) is 6.41. The first-order valence-electron chi connectivity index (χ1n) is 9.67. The minimum Gasteiger partial charge on any atom is -0.493 e. The highest BCUT2D eigenvalue weighted by Crippen LogP contribution is 2.38. The number of hydrogen-bond acceptors (Lipinski definition) is 5. The van der Waals surface area contributed by atoms with Gasteiger partial charge in [-0.3, -0.25) is 4.79 Å². The molecule has 6 heteroatoms. The van der Waals surface area contributed by atoms with E-state index in [1.807, 2.05) is 44.2 Å². The maximum atomic E-state index is 13.3. The molecule has 3 rings (SSSR count). The van der Waals surface area contributed by atoms with E-state index < -0.39 is 0 Å². The first kappa shape index (κ1) is 21.3. The summed E-state index contributed by atoms with van der Waals surface area (Å²) in [6, 6.07) is 14.9. The zero-order valence-electron chi connectivity index (χ0n) is 18.2. The van der Waals surface area contributed by atoms with E-state index in [1.165, 1.54) is 7.11 Å². The van der Waals surface area contributed by atoms with Gasteiger partial charge in [0, 0.05) is 12.4 Å². The maximum absolute atomic E-state index is 13.3.